The maximum atomic E-state index is 13.4. The molecule has 0 aliphatic carbocycles. The van der Waals surface area contributed by atoms with Crippen LogP contribution in [0.15, 0.2) is 75.1 Å². The zero-order valence-electron chi connectivity index (χ0n) is 19.3. The highest BCUT2D eigenvalue weighted by molar-refractivity contribution is 7.99. The van der Waals surface area contributed by atoms with Gasteiger partial charge in [-0.25, -0.2) is 4.98 Å². The molecule has 3 aliphatic heterocycles. The molecule has 8 nitrogen and oxygen atoms in total. The van der Waals surface area contributed by atoms with Crippen molar-refractivity contribution >= 4 is 11.8 Å². The van der Waals surface area contributed by atoms with E-state index in [-0.39, 0.29) is 10.8 Å². The molecule has 3 aliphatic rings. The average Bonchev–Trinajstić information content (AvgIpc) is 3.43. The van der Waals surface area contributed by atoms with E-state index < -0.39 is 0 Å². The van der Waals surface area contributed by atoms with E-state index in [9.17, 15) is 4.79 Å². The van der Waals surface area contributed by atoms with Crippen LogP contribution in [0.25, 0.3) is 28.5 Å². The molecule has 0 saturated carbocycles. The largest absolute Gasteiger partial charge is 0.338 e. The van der Waals surface area contributed by atoms with Crippen molar-refractivity contribution < 1.29 is 4.52 Å². The van der Waals surface area contributed by atoms with E-state index in [4.69, 9.17) is 9.51 Å². The number of para-hydroxylation sites is 1. The molecule has 176 valence electrons. The highest BCUT2D eigenvalue weighted by Crippen LogP contribution is 2.37. The monoisotopic (exact) mass is 484 g/mol. The van der Waals surface area contributed by atoms with Crippen LogP contribution in [-0.2, 0) is 13.0 Å². The van der Waals surface area contributed by atoms with Gasteiger partial charge in [0.15, 0.2) is 11.0 Å². The number of fused-ring (bicyclic) bond motifs is 3. The van der Waals surface area contributed by atoms with Crippen molar-refractivity contribution in [2.75, 3.05) is 0 Å². The molecular weight excluding hydrogens is 460 g/mol. The first-order chi connectivity index (χ1) is 17.2. The lowest BCUT2D eigenvalue weighted by atomic mass is 10.1. The molecule has 2 aromatic carbocycles. The minimum absolute atomic E-state index is 0.113. The van der Waals surface area contributed by atoms with Crippen LogP contribution in [-0.4, -0.2) is 29.5 Å². The van der Waals surface area contributed by atoms with Crippen LogP contribution >= 0.6 is 11.8 Å². The van der Waals surface area contributed by atoms with E-state index in [0.29, 0.717) is 23.1 Å². The van der Waals surface area contributed by atoms with Gasteiger partial charge in [-0.2, -0.15) is 9.67 Å². The Morgan fingerprint density at radius 2 is 1.71 bits per heavy atom. The summed E-state index contributed by atoms with van der Waals surface area (Å²) in [4.78, 5) is 22.9. The van der Waals surface area contributed by atoms with E-state index in [0.717, 1.165) is 54.3 Å². The van der Waals surface area contributed by atoms with Crippen LogP contribution in [0.1, 0.15) is 43.0 Å². The topological polar surface area (TPSA) is 91.6 Å². The van der Waals surface area contributed by atoms with Crippen LogP contribution in [0.3, 0.4) is 0 Å². The van der Waals surface area contributed by atoms with Gasteiger partial charge in [0.1, 0.15) is 5.56 Å². The Morgan fingerprint density at radius 1 is 0.943 bits per heavy atom. The third kappa shape index (κ3) is 4.05. The molecule has 0 saturated heterocycles. The van der Waals surface area contributed by atoms with Crippen molar-refractivity contribution in [3.8, 4) is 28.5 Å². The SMILES string of the molecule is CC(Sc1nc2nn(-c3ccccc3)c(=O)c-2c2n1CCCCC2)c1nc(-c2ccccc2)no1. The summed E-state index contributed by atoms with van der Waals surface area (Å²) in [5.41, 5.74) is 3.18. The van der Waals surface area contributed by atoms with Crippen LogP contribution in [0.5, 0.6) is 0 Å². The fourth-order valence-electron chi connectivity index (χ4n) is 4.50. The molecule has 3 aromatic rings. The quantitative estimate of drug-likeness (QED) is 0.251. The van der Waals surface area contributed by atoms with Crippen molar-refractivity contribution in [1.29, 1.82) is 0 Å². The van der Waals surface area contributed by atoms with Crippen molar-refractivity contribution in [1.82, 2.24) is 29.5 Å². The second-order valence-corrected chi connectivity index (χ2v) is 9.94. The second-order valence-electron chi connectivity index (χ2n) is 8.64. The molecule has 35 heavy (non-hydrogen) atoms. The van der Waals surface area contributed by atoms with Crippen LogP contribution in [0.4, 0.5) is 0 Å². The summed E-state index contributed by atoms with van der Waals surface area (Å²) in [6.45, 7) is 2.85. The molecule has 0 N–H and O–H groups in total. The summed E-state index contributed by atoms with van der Waals surface area (Å²) in [5, 5.41) is 9.49. The fourth-order valence-corrected chi connectivity index (χ4v) is 5.48. The van der Waals surface area contributed by atoms with Gasteiger partial charge in [-0.3, -0.25) is 4.79 Å². The molecular formula is C26H24N6O2S. The van der Waals surface area contributed by atoms with Gasteiger partial charge in [0.25, 0.3) is 5.56 Å². The normalized spacial score (nSPS) is 14.5. The number of nitrogens with zero attached hydrogens (tertiary/aromatic N) is 6. The highest BCUT2D eigenvalue weighted by atomic mass is 32.2. The van der Waals surface area contributed by atoms with E-state index in [2.05, 4.69) is 19.8 Å². The highest BCUT2D eigenvalue weighted by Gasteiger charge is 2.28. The smallest absolute Gasteiger partial charge is 0.284 e. The molecule has 0 radical (unpaired) electrons. The summed E-state index contributed by atoms with van der Waals surface area (Å²) in [7, 11) is 0. The number of thioether (sulfide) groups is 1. The maximum Gasteiger partial charge on any atom is 0.284 e. The van der Waals surface area contributed by atoms with E-state index in [1.807, 2.05) is 67.6 Å². The lowest BCUT2D eigenvalue weighted by molar-refractivity contribution is 0.380. The Morgan fingerprint density at radius 3 is 2.51 bits per heavy atom. The average molecular weight is 485 g/mol. The molecule has 0 bridgehead atoms. The van der Waals surface area contributed by atoms with Crippen LogP contribution < -0.4 is 5.56 Å². The number of hydrogen-bond donors (Lipinski definition) is 0. The summed E-state index contributed by atoms with van der Waals surface area (Å²) in [6.07, 6.45) is 4.04. The van der Waals surface area contributed by atoms with Gasteiger partial charge < -0.3 is 9.09 Å². The first-order valence-electron chi connectivity index (χ1n) is 11.8. The summed E-state index contributed by atoms with van der Waals surface area (Å²) >= 11 is 1.56. The molecule has 0 amide bonds. The molecule has 1 unspecified atom stereocenters. The number of rotatable bonds is 5. The third-order valence-corrected chi connectivity index (χ3v) is 7.35. The van der Waals surface area contributed by atoms with Gasteiger partial charge in [-0.15, -0.1) is 5.10 Å². The van der Waals surface area contributed by atoms with Gasteiger partial charge in [0.05, 0.1) is 10.9 Å². The number of hydrogen-bond acceptors (Lipinski definition) is 7. The predicted octanol–water partition coefficient (Wildman–Crippen LogP) is 5.16. The zero-order chi connectivity index (χ0) is 23.8. The first kappa shape index (κ1) is 21.8. The van der Waals surface area contributed by atoms with Gasteiger partial charge in [0, 0.05) is 17.8 Å². The van der Waals surface area contributed by atoms with E-state index in [1.54, 1.807) is 11.8 Å². The lowest BCUT2D eigenvalue weighted by Crippen LogP contribution is -2.19. The molecule has 6 rings (SSSR count). The van der Waals surface area contributed by atoms with E-state index >= 15 is 0 Å². The Hall–Kier alpha value is -3.72. The minimum atomic E-state index is -0.118. The van der Waals surface area contributed by atoms with Crippen molar-refractivity contribution in [2.24, 2.45) is 0 Å². The van der Waals surface area contributed by atoms with Crippen molar-refractivity contribution in [2.45, 2.75) is 49.6 Å². The summed E-state index contributed by atoms with van der Waals surface area (Å²) in [6, 6.07) is 19.3. The van der Waals surface area contributed by atoms with Crippen LogP contribution in [0, 0.1) is 0 Å². The molecule has 1 aromatic heterocycles. The molecule has 0 spiro atoms. The summed E-state index contributed by atoms with van der Waals surface area (Å²) < 4.78 is 9.26. The third-order valence-electron chi connectivity index (χ3n) is 6.27. The predicted molar refractivity (Wildman–Crippen MR) is 134 cm³/mol. The zero-order valence-corrected chi connectivity index (χ0v) is 20.1. The van der Waals surface area contributed by atoms with Crippen LogP contribution in [0.2, 0.25) is 0 Å². The van der Waals surface area contributed by atoms with Gasteiger partial charge in [0.2, 0.25) is 11.7 Å². The van der Waals surface area contributed by atoms with Crippen molar-refractivity contribution in [3.05, 3.63) is 82.6 Å². The standard InChI is InChI=1S/C26H24N6O2S/c1-17(24-27-22(30-34-24)18-11-5-2-6-12-18)35-26-28-23-21(20-15-9-4-10-16-31(20)26)25(33)32(29-23)19-13-7-3-8-14-19/h2-3,5-8,11-14,17H,4,9-10,15-16H2,1H3. The maximum absolute atomic E-state index is 13.4. The molecule has 1 atom stereocenters. The number of benzene rings is 2. The van der Waals surface area contributed by atoms with Gasteiger partial charge in [-0.05, 0) is 38.3 Å². The number of aromatic nitrogens is 6. The Labute approximate surface area is 206 Å². The Kier molecular flexibility index (Phi) is 5.69. The summed E-state index contributed by atoms with van der Waals surface area (Å²) in [5.74, 6) is 1.59. The van der Waals surface area contributed by atoms with E-state index in [1.165, 1.54) is 4.68 Å². The first-order valence-corrected chi connectivity index (χ1v) is 12.7. The molecule has 4 heterocycles. The molecule has 0 fully saturated rings. The Balaban J connectivity index is 1.40. The molecule has 9 heteroatoms. The van der Waals surface area contributed by atoms with Gasteiger partial charge in [-0.1, -0.05) is 71.9 Å². The Bertz CT molecular complexity index is 1490. The minimum Gasteiger partial charge on any atom is -0.338 e. The van der Waals surface area contributed by atoms with Gasteiger partial charge >= 0.3 is 0 Å². The second kappa shape index (κ2) is 9.14. The van der Waals surface area contributed by atoms with Crippen molar-refractivity contribution in [3.63, 3.8) is 0 Å². The lowest BCUT2D eigenvalue weighted by Gasteiger charge is -2.18. The fraction of sp³-hybridized carbons (Fsp3) is 0.269.